The number of aromatic nitrogens is 2. The number of rotatable bonds is 1. The van der Waals surface area contributed by atoms with Crippen molar-refractivity contribution in [3.8, 4) is 0 Å². The van der Waals surface area contributed by atoms with Crippen LogP contribution in [0.25, 0.3) is 0 Å². The van der Waals surface area contributed by atoms with Crippen LogP contribution in [0.3, 0.4) is 0 Å². The molecule has 0 amide bonds. The maximum absolute atomic E-state index is 4.18. The fourth-order valence-corrected chi connectivity index (χ4v) is 1.98. The quantitative estimate of drug-likeness (QED) is 0.683. The Hall–Kier alpha value is -0.680. The summed E-state index contributed by atoms with van der Waals surface area (Å²) >= 11 is 1.47. The normalized spacial score (nSPS) is 24.4. The third-order valence-electron chi connectivity index (χ3n) is 1.99. The SMILES string of the molecule is CC1CN(c2ncns2)CCN1. The van der Waals surface area contributed by atoms with E-state index >= 15 is 0 Å². The van der Waals surface area contributed by atoms with Crippen LogP contribution in [0.1, 0.15) is 6.92 Å². The van der Waals surface area contributed by atoms with Crippen LogP contribution in [-0.2, 0) is 0 Å². The summed E-state index contributed by atoms with van der Waals surface area (Å²) in [4.78, 5) is 6.46. The van der Waals surface area contributed by atoms with Crippen molar-refractivity contribution in [2.24, 2.45) is 0 Å². The van der Waals surface area contributed by atoms with E-state index in [4.69, 9.17) is 0 Å². The summed E-state index contributed by atoms with van der Waals surface area (Å²) in [6, 6.07) is 0.558. The molecule has 1 aliphatic heterocycles. The summed E-state index contributed by atoms with van der Waals surface area (Å²) < 4.78 is 3.99. The highest BCUT2D eigenvalue weighted by Crippen LogP contribution is 2.15. The minimum atomic E-state index is 0.558. The third-order valence-corrected chi connectivity index (χ3v) is 2.72. The predicted octanol–water partition coefficient (Wildman–Crippen LogP) is 0.336. The second-order valence-electron chi connectivity index (χ2n) is 3.03. The minimum Gasteiger partial charge on any atom is -0.344 e. The van der Waals surface area contributed by atoms with E-state index in [9.17, 15) is 0 Å². The van der Waals surface area contributed by atoms with Gasteiger partial charge in [-0.1, -0.05) is 0 Å². The van der Waals surface area contributed by atoms with Crippen molar-refractivity contribution in [1.29, 1.82) is 0 Å². The highest BCUT2D eigenvalue weighted by molar-refractivity contribution is 7.09. The third kappa shape index (κ3) is 1.56. The maximum Gasteiger partial charge on any atom is 0.205 e. The lowest BCUT2D eigenvalue weighted by Crippen LogP contribution is -2.49. The molecule has 1 aromatic heterocycles. The molecular weight excluding hydrogens is 172 g/mol. The van der Waals surface area contributed by atoms with Gasteiger partial charge >= 0.3 is 0 Å². The first kappa shape index (κ1) is 7.94. The van der Waals surface area contributed by atoms with Gasteiger partial charge in [0.1, 0.15) is 6.33 Å². The molecule has 0 spiro atoms. The molecule has 4 nitrogen and oxygen atoms in total. The van der Waals surface area contributed by atoms with E-state index < -0.39 is 0 Å². The van der Waals surface area contributed by atoms with Gasteiger partial charge in [-0.2, -0.15) is 4.37 Å². The van der Waals surface area contributed by atoms with E-state index in [1.165, 1.54) is 11.5 Å². The van der Waals surface area contributed by atoms with Gasteiger partial charge in [0, 0.05) is 37.2 Å². The molecule has 0 aromatic carbocycles. The van der Waals surface area contributed by atoms with Crippen LogP contribution < -0.4 is 10.2 Å². The van der Waals surface area contributed by atoms with Gasteiger partial charge in [0.05, 0.1) is 0 Å². The first-order valence-electron chi connectivity index (χ1n) is 4.11. The van der Waals surface area contributed by atoms with Gasteiger partial charge < -0.3 is 10.2 Å². The van der Waals surface area contributed by atoms with E-state index in [2.05, 4.69) is 26.5 Å². The summed E-state index contributed by atoms with van der Waals surface area (Å²) in [5.41, 5.74) is 0. The molecule has 1 N–H and O–H groups in total. The number of piperazine rings is 1. The monoisotopic (exact) mass is 184 g/mol. The Kier molecular flexibility index (Phi) is 2.23. The zero-order chi connectivity index (χ0) is 8.39. The van der Waals surface area contributed by atoms with Crippen molar-refractivity contribution >= 4 is 16.7 Å². The molecule has 66 valence electrons. The molecule has 12 heavy (non-hydrogen) atoms. The molecule has 0 aliphatic carbocycles. The number of nitrogens with zero attached hydrogens (tertiary/aromatic N) is 3. The minimum absolute atomic E-state index is 0.558. The fourth-order valence-electron chi connectivity index (χ4n) is 1.41. The van der Waals surface area contributed by atoms with Crippen LogP contribution in [0.15, 0.2) is 6.33 Å². The molecule has 2 heterocycles. The summed E-state index contributed by atoms with van der Waals surface area (Å²) in [5.74, 6) is 0. The standard InChI is InChI=1S/C7H12N4S/c1-6-4-11(3-2-8-6)7-9-5-10-12-7/h5-6,8H,2-4H2,1H3. The van der Waals surface area contributed by atoms with Gasteiger partial charge in [0.2, 0.25) is 5.13 Å². The number of nitrogens with one attached hydrogen (secondary N) is 1. The van der Waals surface area contributed by atoms with Crippen molar-refractivity contribution in [2.75, 3.05) is 24.5 Å². The smallest absolute Gasteiger partial charge is 0.205 e. The Morgan fingerprint density at radius 2 is 2.67 bits per heavy atom. The lowest BCUT2D eigenvalue weighted by molar-refractivity contribution is 0.484. The lowest BCUT2D eigenvalue weighted by atomic mass is 10.2. The van der Waals surface area contributed by atoms with Crippen LogP contribution in [0.4, 0.5) is 5.13 Å². The van der Waals surface area contributed by atoms with Gasteiger partial charge in [-0.15, -0.1) is 0 Å². The average Bonchev–Trinajstić information content (AvgIpc) is 2.56. The topological polar surface area (TPSA) is 41.1 Å². The van der Waals surface area contributed by atoms with Gasteiger partial charge in [-0.05, 0) is 6.92 Å². The lowest BCUT2D eigenvalue weighted by Gasteiger charge is -2.31. The molecule has 0 radical (unpaired) electrons. The Labute approximate surface area is 75.8 Å². The Morgan fingerprint density at radius 3 is 3.33 bits per heavy atom. The Balaban J connectivity index is 2.04. The van der Waals surface area contributed by atoms with E-state index in [1.54, 1.807) is 6.33 Å². The Bertz CT molecular complexity index is 236. The van der Waals surface area contributed by atoms with Gasteiger partial charge in [-0.3, -0.25) is 0 Å². The van der Waals surface area contributed by atoms with E-state index in [0.717, 1.165) is 24.8 Å². The zero-order valence-corrected chi connectivity index (χ0v) is 7.84. The van der Waals surface area contributed by atoms with Crippen molar-refractivity contribution in [3.63, 3.8) is 0 Å². The summed E-state index contributed by atoms with van der Waals surface area (Å²) in [6.07, 6.45) is 1.62. The second-order valence-corrected chi connectivity index (χ2v) is 3.78. The average molecular weight is 184 g/mol. The molecule has 1 fully saturated rings. The van der Waals surface area contributed by atoms with Crippen LogP contribution in [0.5, 0.6) is 0 Å². The van der Waals surface area contributed by atoms with Crippen molar-refractivity contribution in [1.82, 2.24) is 14.7 Å². The number of anilines is 1. The molecule has 2 rings (SSSR count). The predicted molar refractivity (Wildman–Crippen MR) is 49.6 cm³/mol. The van der Waals surface area contributed by atoms with E-state index in [1.807, 2.05) is 0 Å². The van der Waals surface area contributed by atoms with Crippen molar-refractivity contribution in [2.45, 2.75) is 13.0 Å². The summed E-state index contributed by atoms with van der Waals surface area (Å²) in [6.45, 7) is 5.31. The molecule has 1 aliphatic rings. The van der Waals surface area contributed by atoms with Crippen LogP contribution in [0, 0.1) is 0 Å². The molecule has 5 heteroatoms. The van der Waals surface area contributed by atoms with E-state index in [-0.39, 0.29) is 0 Å². The molecule has 0 saturated carbocycles. The Morgan fingerprint density at radius 1 is 1.75 bits per heavy atom. The van der Waals surface area contributed by atoms with Crippen LogP contribution >= 0.6 is 11.5 Å². The van der Waals surface area contributed by atoms with Gasteiger partial charge in [0.25, 0.3) is 0 Å². The number of hydrogen-bond acceptors (Lipinski definition) is 5. The second kappa shape index (κ2) is 3.37. The van der Waals surface area contributed by atoms with Crippen LogP contribution in [0.2, 0.25) is 0 Å². The molecule has 1 saturated heterocycles. The molecule has 1 atom stereocenters. The zero-order valence-electron chi connectivity index (χ0n) is 7.03. The summed E-state index contributed by atoms with van der Waals surface area (Å²) in [5, 5.41) is 4.43. The maximum atomic E-state index is 4.18. The molecule has 1 unspecified atom stereocenters. The van der Waals surface area contributed by atoms with Crippen molar-refractivity contribution in [3.05, 3.63) is 6.33 Å². The summed E-state index contributed by atoms with van der Waals surface area (Å²) in [7, 11) is 0. The molecule has 0 bridgehead atoms. The van der Waals surface area contributed by atoms with Gasteiger partial charge in [-0.25, -0.2) is 4.98 Å². The highest BCUT2D eigenvalue weighted by atomic mass is 32.1. The first-order valence-corrected chi connectivity index (χ1v) is 4.88. The molecular formula is C7H12N4S. The van der Waals surface area contributed by atoms with Crippen molar-refractivity contribution < 1.29 is 0 Å². The fraction of sp³-hybridized carbons (Fsp3) is 0.714. The number of hydrogen-bond donors (Lipinski definition) is 1. The largest absolute Gasteiger partial charge is 0.344 e. The first-order chi connectivity index (χ1) is 5.86. The van der Waals surface area contributed by atoms with E-state index in [0.29, 0.717) is 6.04 Å². The highest BCUT2D eigenvalue weighted by Gasteiger charge is 2.17. The van der Waals surface area contributed by atoms with Crippen LogP contribution in [-0.4, -0.2) is 35.0 Å². The molecule has 1 aromatic rings. The van der Waals surface area contributed by atoms with Gasteiger partial charge in [0.15, 0.2) is 0 Å².